The van der Waals surface area contributed by atoms with Crippen molar-refractivity contribution in [3.05, 3.63) is 200 Å². The molecule has 0 spiro atoms. The summed E-state index contributed by atoms with van der Waals surface area (Å²) in [5.41, 5.74) is 11.6. The summed E-state index contributed by atoms with van der Waals surface area (Å²) in [6.07, 6.45) is 1.92. The molecule has 0 saturated carbocycles. The van der Waals surface area contributed by atoms with Crippen LogP contribution in [0.4, 0.5) is 0 Å². The molecule has 8 aromatic carbocycles. The average molecular weight is 784 g/mol. The van der Waals surface area contributed by atoms with Crippen molar-refractivity contribution in [3.63, 3.8) is 0 Å². The fourth-order valence-corrected chi connectivity index (χ4v) is 9.96. The van der Waals surface area contributed by atoms with E-state index >= 15 is 0 Å². The van der Waals surface area contributed by atoms with Gasteiger partial charge in [0.1, 0.15) is 0 Å². The maximum absolute atomic E-state index is 5.07. The number of hydrogen-bond acceptors (Lipinski definition) is 5. The fraction of sp³-hybridized carbons (Fsp3) is 0. The van der Waals surface area contributed by atoms with Gasteiger partial charge in [-0.25, -0.2) is 15.0 Å². The maximum Gasteiger partial charge on any atom is 0.164 e. The van der Waals surface area contributed by atoms with Crippen molar-refractivity contribution in [1.82, 2.24) is 24.5 Å². The van der Waals surface area contributed by atoms with Crippen LogP contribution in [0.1, 0.15) is 0 Å². The molecule has 6 heteroatoms. The molecular weight excluding hydrogens is 751 g/mol. The second kappa shape index (κ2) is 13.9. The van der Waals surface area contributed by atoms with Gasteiger partial charge in [-0.05, 0) is 76.9 Å². The van der Waals surface area contributed by atoms with E-state index in [-0.39, 0.29) is 0 Å². The van der Waals surface area contributed by atoms with E-state index in [1.54, 1.807) is 0 Å². The quantitative estimate of drug-likeness (QED) is 0.169. The molecule has 280 valence electrons. The van der Waals surface area contributed by atoms with Crippen molar-refractivity contribution in [3.8, 4) is 62.1 Å². The zero-order valence-electron chi connectivity index (χ0n) is 32.2. The largest absolute Gasteiger partial charge is 0.309 e. The Bertz CT molecular complexity index is 3550. The molecule has 12 rings (SSSR count). The Labute approximate surface area is 349 Å². The summed E-state index contributed by atoms with van der Waals surface area (Å²) in [5.74, 6) is 1.89. The number of hydrogen-bond donors (Lipinski definition) is 0. The SMILES string of the molecule is c1ccc(-c2nc(-c3ccccc3)nc(-c3cccc(-c4cc(-c5ccnc6ccccc56)cc(-n5c6ccccc6c6c7sc8ccccc8c7ccc65)c4)c3)n2)cc1. The normalized spacial score (nSPS) is 11.7. The minimum atomic E-state index is 0.621. The lowest BCUT2D eigenvalue weighted by molar-refractivity contribution is 1.07. The van der Waals surface area contributed by atoms with Gasteiger partial charge in [0.15, 0.2) is 17.5 Å². The van der Waals surface area contributed by atoms with Gasteiger partial charge < -0.3 is 4.57 Å². The highest BCUT2D eigenvalue weighted by molar-refractivity contribution is 7.26. The zero-order valence-corrected chi connectivity index (χ0v) is 33.0. The minimum Gasteiger partial charge on any atom is -0.309 e. The van der Waals surface area contributed by atoms with Crippen molar-refractivity contribution in [2.24, 2.45) is 0 Å². The number of nitrogens with zero attached hydrogens (tertiary/aromatic N) is 5. The summed E-state index contributed by atoms with van der Waals surface area (Å²) in [6.45, 7) is 0. The molecule has 0 aliphatic heterocycles. The number of benzene rings is 8. The molecule has 0 fully saturated rings. The van der Waals surface area contributed by atoms with Gasteiger partial charge in [-0.15, -0.1) is 11.3 Å². The molecule has 0 aliphatic carbocycles. The third-order valence-electron chi connectivity index (χ3n) is 11.5. The first-order valence-electron chi connectivity index (χ1n) is 20.0. The van der Waals surface area contributed by atoms with E-state index in [1.807, 2.05) is 84.3 Å². The van der Waals surface area contributed by atoms with Gasteiger partial charge in [-0.3, -0.25) is 4.98 Å². The molecule has 4 aromatic heterocycles. The number of rotatable bonds is 6. The lowest BCUT2D eigenvalue weighted by Gasteiger charge is -2.15. The van der Waals surface area contributed by atoms with Crippen molar-refractivity contribution in [2.75, 3.05) is 0 Å². The van der Waals surface area contributed by atoms with Gasteiger partial charge in [-0.2, -0.15) is 0 Å². The molecule has 0 unspecified atom stereocenters. The third-order valence-corrected chi connectivity index (χ3v) is 12.7. The van der Waals surface area contributed by atoms with Crippen LogP contribution < -0.4 is 0 Å². The van der Waals surface area contributed by atoms with E-state index < -0.39 is 0 Å². The topological polar surface area (TPSA) is 56.5 Å². The van der Waals surface area contributed by atoms with Crippen LogP contribution >= 0.6 is 11.3 Å². The maximum atomic E-state index is 5.07. The van der Waals surface area contributed by atoms with Crippen molar-refractivity contribution in [1.29, 1.82) is 0 Å². The molecule has 0 amide bonds. The molecule has 0 bridgehead atoms. The Kier molecular flexibility index (Phi) is 7.96. The van der Waals surface area contributed by atoms with Gasteiger partial charge in [0, 0.05) is 64.9 Å². The zero-order chi connectivity index (χ0) is 39.6. The predicted molar refractivity (Wildman–Crippen MR) is 250 cm³/mol. The highest BCUT2D eigenvalue weighted by atomic mass is 32.1. The first kappa shape index (κ1) is 34.3. The third kappa shape index (κ3) is 5.69. The number of fused-ring (bicyclic) bond motifs is 8. The number of aromatic nitrogens is 5. The second-order valence-electron chi connectivity index (χ2n) is 15.1. The van der Waals surface area contributed by atoms with Crippen molar-refractivity contribution < 1.29 is 0 Å². The summed E-state index contributed by atoms with van der Waals surface area (Å²) in [7, 11) is 0. The van der Waals surface area contributed by atoms with Crippen LogP contribution in [0.2, 0.25) is 0 Å². The number of para-hydroxylation sites is 2. The monoisotopic (exact) mass is 783 g/mol. The minimum absolute atomic E-state index is 0.621. The Morgan fingerprint density at radius 3 is 1.77 bits per heavy atom. The summed E-state index contributed by atoms with van der Waals surface area (Å²) in [4.78, 5) is 19.8. The van der Waals surface area contributed by atoms with E-state index in [0.717, 1.165) is 55.5 Å². The van der Waals surface area contributed by atoms with Crippen LogP contribution in [0.3, 0.4) is 0 Å². The molecule has 0 N–H and O–H groups in total. The van der Waals surface area contributed by atoms with Crippen LogP contribution in [0, 0.1) is 0 Å². The Balaban J connectivity index is 1.09. The predicted octanol–water partition coefficient (Wildman–Crippen LogP) is 14.2. The fourth-order valence-electron chi connectivity index (χ4n) is 8.70. The Morgan fingerprint density at radius 1 is 0.383 bits per heavy atom. The van der Waals surface area contributed by atoms with E-state index in [2.05, 4.69) is 132 Å². The molecular formula is C54H33N5S. The summed E-state index contributed by atoms with van der Waals surface area (Å²) in [6, 6.07) is 68.5. The van der Waals surface area contributed by atoms with Crippen LogP contribution in [0.25, 0.3) is 115 Å². The van der Waals surface area contributed by atoms with E-state index in [0.29, 0.717) is 17.5 Å². The Hall–Kier alpha value is -7.80. The molecule has 5 nitrogen and oxygen atoms in total. The second-order valence-corrected chi connectivity index (χ2v) is 16.1. The molecule has 0 saturated heterocycles. The van der Waals surface area contributed by atoms with Crippen LogP contribution in [-0.4, -0.2) is 24.5 Å². The van der Waals surface area contributed by atoms with Gasteiger partial charge in [0.25, 0.3) is 0 Å². The smallest absolute Gasteiger partial charge is 0.164 e. The number of pyridine rings is 1. The first-order chi connectivity index (χ1) is 29.7. The van der Waals surface area contributed by atoms with Gasteiger partial charge in [0.2, 0.25) is 0 Å². The first-order valence-corrected chi connectivity index (χ1v) is 20.9. The van der Waals surface area contributed by atoms with Crippen LogP contribution in [-0.2, 0) is 0 Å². The molecule has 60 heavy (non-hydrogen) atoms. The van der Waals surface area contributed by atoms with Crippen molar-refractivity contribution in [2.45, 2.75) is 0 Å². The van der Waals surface area contributed by atoms with E-state index in [4.69, 9.17) is 19.9 Å². The van der Waals surface area contributed by atoms with Gasteiger partial charge >= 0.3 is 0 Å². The molecule has 4 heterocycles. The summed E-state index contributed by atoms with van der Waals surface area (Å²) >= 11 is 1.88. The van der Waals surface area contributed by atoms with Gasteiger partial charge in [-0.1, -0.05) is 140 Å². The van der Waals surface area contributed by atoms with Crippen LogP contribution in [0.5, 0.6) is 0 Å². The summed E-state index contributed by atoms with van der Waals surface area (Å²) < 4.78 is 5.06. The standard InChI is InChI=1S/C54H33N5S/c1-3-14-34(15-4-1)52-56-53(35-16-5-2-6-17-35)58-54(57-52)37-19-13-18-36(30-37)38-31-39(41-28-29-55-46-23-10-7-20-42(41)46)33-40(32-38)59-47-24-11-8-22-45(47)50-48(59)27-26-44-43-21-9-12-25-49(43)60-51(44)50/h1-33H. The van der Waals surface area contributed by atoms with Crippen molar-refractivity contribution >= 4 is 64.2 Å². The van der Waals surface area contributed by atoms with Gasteiger partial charge in [0.05, 0.1) is 16.6 Å². The number of thiophene rings is 1. The average Bonchev–Trinajstić information content (AvgIpc) is 3.88. The lowest BCUT2D eigenvalue weighted by Crippen LogP contribution is -2.00. The Morgan fingerprint density at radius 2 is 0.983 bits per heavy atom. The highest BCUT2D eigenvalue weighted by Gasteiger charge is 2.20. The molecule has 0 atom stereocenters. The molecule has 12 aromatic rings. The summed E-state index contributed by atoms with van der Waals surface area (Å²) in [5, 5.41) is 6.23. The lowest BCUT2D eigenvalue weighted by atomic mass is 9.95. The highest BCUT2D eigenvalue weighted by Crippen LogP contribution is 2.44. The van der Waals surface area contributed by atoms with Crippen LogP contribution in [0.15, 0.2) is 200 Å². The molecule has 0 aliphatic rings. The molecule has 0 radical (unpaired) electrons. The van der Waals surface area contributed by atoms with E-state index in [9.17, 15) is 0 Å². The van der Waals surface area contributed by atoms with E-state index in [1.165, 1.54) is 42.0 Å².